The van der Waals surface area contributed by atoms with E-state index in [1.165, 1.54) is 12.1 Å². The van der Waals surface area contributed by atoms with Gasteiger partial charge in [-0.05, 0) is 42.5 Å². The van der Waals surface area contributed by atoms with Crippen LogP contribution >= 0.6 is 11.6 Å². The lowest BCUT2D eigenvalue weighted by Crippen LogP contribution is -2.46. The molecule has 2 aromatic rings. The van der Waals surface area contributed by atoms with Gasteiger partial charge < -0.3 is 15.3 Å². The van der Waals surface area contributed by atoms with Crippen molar-refractivity contribution in [2.75, 3.05) is 42.9 Å². The van der Waals surface area contributed by atoms with Crippen LogP contribution in [0.25, 0.3) is 0 Å². The summed E-state index contributed by atoms with van der Waals surface area (Å²) in [6.45, 7) is 3.78. The molecule has 1 saturated heterocycles. The number of rotatable bonds is 6. The number of carboxylic acids is 1. The van der Waals surface area contributed by atoms with Crippen molar-refractivity contribution < 1.29 is 14.7 Å². The zero-order valence-electron chi connectivity index (χ0n) is 15.8. The normalized spacial score (nSPS) is 14.3. The van der Waals surface area contributed by atoms with E-state index in [0.29, 0.717) is 22.7 Å². The molecule has 1 heterocycles. The van der Waals surface area contributed by atoms with E-state index in [2.05, 4.69) is 21.2 Å². The van der Waals surface area contributed by atoms with Crippen molar-refractivity contribution in [3.05, 3.63) is 58.6 Å². The molecule has 29 heavy (non-hydrogen) atoms. The molecule has 8 heteroatoms. The van der Waals surface area contributed by atoms with Crippen LogP contribution < -0.4 is 10.2 Å². The number of carbonyl (C=O) groups excluding carboxylic acids is 1. The van der Waals surface area contributed by atoms with E-state index in [9.17, 15) is 14.7 Å². The summed E-state index contributed by atoms with van der Waals surface area (Å²) in [4.78, 5) is 28.4. The molecule has 0 bridgehead atoms. The van der Waals surface area contributed by atoms with Crippen molar-refractivity contribution in [3.63, 3.8) is 0 Å². The van der Waals surface area contributed by atoms with Crippen LogP contribution in [0, 0.1) is 11.3 Å². The van der Waals surface area contributed by atoms with Crippen molar-refractivity contribution in [2.45, 2.75) is 6.42 Å². The molecule has 0 saturated carbocycles. The number of nitrogens with zero attached hydrogens (tertiary/aromatic N) is 3. The van der Waals surface area contributed by atoms with Crippen molar-refractivity contribution in [1.82, 2.24) is 4.90 Å². The lowest BCUT2D eigenvalue weighted by Gasteiger charge is -2.36. The molecular formula is C21H21ClN4O3. The summed E-state index contributed by atoms with van der Waals surface area (Å²) in [7, 11) is 0. The number of nitrogens with one attached hydrogen (secondary N) is 1. The molecule has 0 aliphatic carbocycles. The molecule has 1 amide bonds. The fraction of sp³-hybridized carbons (Fsp3) is 0.286. The summed E-state index contributed by atoms with van der Waals surface area (Å²) in [6.07, 6.45) is 0.496. The van der Waals surface area contributed by atoms with Gasteiger partial charge in [0.1, 0.15) is 0 Å². The Hall–Kier alpha value is -3.08. The average Bonchev–Trinajstić information content (AvgIpc) is 2.73. The molecule has 1 fully saturated rings. The summed E-state index contributed by atoms with van der Waals surface area (Å²) in [6, 6.07) is 13.4. The number of halogens is 1. The predicted octanol–water partition coefficient (Wildman–Crippen LogP) is 3.33. The minimum Gasteiger partial charge on any atom is -0.478 e. The van der Waals surface area contributed by atoms with Gasteiger partial charge in [-0.15, -0.1) is 0 Å². The van der Waals surface area contributed by atoms with E-state index in [-0.39, 0.29) is 11.5 Å². The lowest BCUT2D eigenvalue weighted by atomic mass is 10.1. The first kappa shape index (κ1) is 20.6. The minimum atomic E-state index is -1.06. The minimum absolute atomic E-state index is 0.104. The third-order valence-electron chi connectivity index (χ3n) is 4.85. The zero-order chi connectivity index (χ0) is 20.8. The number of carbonyl (C=O) groups is 2. The Bertz CT molecular complexity index is 932. The Morgan fingerprint density at radius 2 is 1.72 bits per heavy atom. The molecule has 7 nitrogen and oxygen atoms in total. The van der Waals surface area contributed by atoms with E-state index >= 15 is 0 Å². The van der Waals surface area contributed by atoms with E-state index in [1.807, 2.05) is 0 Å². The highest BCUT2D eigenvalue weighted by molar-refractivity contribution is 6.30. The van der Waals surface area contributed by atoms with Gasteiger partial charge in [-0.1, -0.05) is 11.6 Å². The molecule has 2 aromatic carbocycles. The Morgan fingerprint density at radius 1 is 1.07 bits per heavy atom. The van der Waals surface area contributed by atoms with Crippen LogP contribution in [0.5, 0.6) is 0 Å². The molecule has 0 unspecified atom stereocenters. The van der Waals surface area contributed by atoms with E-state index in [0.717, 1.165) is 38.4 Å². The average molecular weight is 413 g/mol. The first-order valence-corrected chi connectivity index (χ1v) is 9.64. The zero-order valence-corrected chi connectivity index (χ0v) is 16.5. The monoisotopic (exact) mass is 412 g/mol. The Morgan fingerprint density at radius 3 is 2.34 bits per heavy atom. The van der Waals surface area contributed by atoms with E-state index in [1.54, 1.807) is 30.3 Å². The van der Waals surface area contributed by atoms with Gasteiger partial charge in [-0.2, -0.15) is 5.26 Å². The second-order valence-corrected chi connectivity index (χ2v) is 7.17. The molecule has 0 spiro atoms. The first-order chi connectivity index (χ1) is 14.0. The van der Waals surface area contributed by atoms with Gasteiger partial charge in [0.05, 0.1) is 23.0 Å². The quantitative estimate of drug-likeness (QED) is 0.755. The number of hydrogen-bond donors (Lipinski definition) is 2. The molecule has 0 aromatic heterocycles. The summed E-state index contributed by atoms with van der Waals surface area (Å²) < 4.78 is 0. The summed E-state index contributed by atoms with van der Waals surface area (Å²) in [5.41, 5.74) is 1.77. The van der Waals surface area contributed by atoms with Crippen LogP contribution in [0.2, 0.25) is 5.02 Å². The second kappa shape index (κ2) is 9.41. The van der Waals surface area contributed by atoms with Gasteiger partial charge in [0.2, 0.25) is 0 Å². The molecule has 2 N–H and O–H groups in total. The third-order valence-corrected chi connectivity index (χ3v) is 5.10. The van der Waals surface area contributed by atoms with Gasteiger partial charge in [0, 0.05) is 49.7 Å². The number of amides is 1. The number of nitriles is 1. The van der Waals surface area contributed by atoms with Crippen molar-refractivity contribution in [1.29, 1.82) is 5.26 Å². The summed E-state index contributed by atoms with van der Waals surface area (Å²) in [5, 5.41) is 21.5. The van der Waals surface area contributed by atoms with E-state index < -0.39 is 5.97 Å². The van der Waals surface area contributed by atoms with Gasteiger partial charge in [-0.25, -0.2) is 4.79 Å². The summed E-state index contributed by atoms with van der Waals surface area (Å²) >= 11 is 5.88. The van der Waals surface area contributed by atoms with Crippen molar-refractivity contribution >= 4 is 34.9 Å². The smallest absolute Gasteiger partial charge is 0.335 e. The van der Waals surface area contributed by atoms with Crippen LogP contribution in [-0.2, 0) is 0 Å². The van der Waals surface area contributed by atoms with Gasteiger partial charge in [0.25, 0.3) is 5.91 Å². The highest BCUT2D eigenvalue weighted by Crippen LogP contribution is 2.29. The van der Waals surface area contributed by atoms with Crippen LogP contribution in [0.3, 0.4) is 0 Å². The lowest BCUT2D eigenvalue weighted by molar-refractivity contribution is 0.0696. The topological polar surface area (TPSA) is 96.7 Å². The third kappa shape index (κ3) is 5.25. The maximum atomic E-state index is 12.7. The molecular weight excluding hydrogens is 392 g/mol. The van der Waals surface area contributed by atoms with Crippen LogP contribution in [0.1, 0.15) is 27.1 Å². The second-order valence-electron chi connectivity index (χ2n) is 6.73. The number of benzene rings is 2. The number of hydrogen-bond acceptors (Lipinski definition) is 5. The highest BCUT2D eigenvalue weighted by atomic mass is 35.5. The maximum Gasteiger partial charge on any atom is 0.335 e. The standard InChI is InChI=1S/C21H21ClN4O3/c22-17-5-2-15(3-6-17)20(27)24-18-14-16(21(28)29)4-7-19(18)26-12-10-25(11-13-26)9-1-8-23/h2-7,14H,1,9-13H2,(H,24,27)(H,28,29). The predicted molar refractivity (Wildman–Crippen MR) is 112 cm³/mol. The van der Waals surface area contributed by atoms with Gasteiger partial charge in [-0.3, -0.25) is 9.69 Å². The fourth-order valence-electron chi connectivity index (χ4n) is 3.26. The Kier molecular flexibility index (Phi) is 6.70. The van der Waals surface area contributed by atoms with Gasteiger partial charge in [0.15, 0.2) is 0 Å². The highest BCUT2D eigenvalue weighted by Gasteiger charge is 2.21. The first-order valence-electron chi connectivity index (χ1n) is 9.26. The Labute approximate surface area is 174 Å². The van der Waals surface area contributed by atoms with Crippen molar-refractivity contribution in [2.24, 2.45) is 0 Å². The largest absolute Gasteiger partial charge is 0.478 e. The molecule has 1 aliphatic heterocycles. The van der Waals surface area contributed by atoms with Crippen LogP contribution in [0.4, 0.5) is 11.4 Å². The number of carboxylic acid groups (broad SMARTS) is 1. The number of piperazine rings is 1. The summed E-state index contributed by atoms with van der Waals surface area (Å²) in [5.74, 6) is -1.39. The Balaban J connectivity index is 1.80. The van der Waals surface area contributed by atoms with Crippen LogP contribution in [-0.4, -0.2) is 54.6 Å². The van der Waals surface area contributed by atoms with E-state index in [4.69, 9.17) is 16.9 Å². The van der Waals surface area contributed by atoms with Crippen molar-refractivity contribution in [3.8, 4) is 6.07 Å². The van der Waals surface area contributed by atoms with Crippen LogP contribution in [0.15, 0.2) is 42.5 Å². The van der Waals surface area contributed by atoms with Gasteiger partial charge >= 0.3 is 5.97 Å². The maximum absolute atomic E-state index is 12.7. The molecule has 1 aliphatic rings. The number of aromatic carboxylic acids is 1. The fourth-order valence-corrected chi connectivity index (χ4v) is 3.39. The molecule has 0 radical (unpaired) electrons. The molecule has 3 rings (SSSR count). The SMILES string of the molecule is N#CCCN1CCN(c2ccc(C(=O)O)cc2NC(=O)c2ccc(Cl)cc2)CC1. The molecule has 150 valence electrons. The molecule has 0 atom stereocenters. The number of anilines is 2.